The van der Waals surface area contributed by atoms with Crippen LogP contribution < -0.4 is 11.1 Å². The highest BCUT2D eigenvalue weighted by Gasteiger charge is 2.54. The Kier molecular flexibility index (Phi) is 6.23. The van der Waals surface area contributed by atoms with E-state index in [2.05, 4.69) is 15.5 Å². The van der Waals surface area contributed by atoms with Crippen LogP contribution in [0.5, 0.6) is 0 Å². The summed E-state index contributed by atoms with van der Waals surface area (Å²) in [5.74, 6) is -1.91. The van der Waals surface area contributed by atoms with Crippen molar-refractivity contribution in [3.05, 3.63) is 34.5 Å². The highest BCUT2D eigenvalue weighted by atomic mass is 32.2. The van der Waals surface area contributed by atoms with Gasteiger partial charge in [-0.15, -0.1) is 23.1 Å². The number of hydrogen-bond acceptors (Lipinski definition) is 9. The Bertz CT molecular complexity index is 938. The fourth-order valence-corrected chi connectivity index (χ4v) is 4.80. The predicted molar refractivity (Wildman–Crippen MR) is 109 cm³/mol. The van der Waals surface area contributed by atoms with E-state index >= 15 is 0 Å². The molecule has 0 saturated carbocycles. The summed E-state index contributed by atoms with van der Waals surface area (Å²) in [7, 11) is 1.28. The summed E-state index contributed by atoms with van der Waals surface area (Å²) < 4.78 is 0. The maximum absolute atomic E-state index is 12.7. The normalized spacial score (nSPS) is 21.8. The first-order valence-electron chi connectivity index (χ1n) is 8.60. The number of amides is 2. The van der Waals surface area contributed by atoms with Crippen LogP contribution in [0.15, 0.2) is 34.0 Å². The number of allylic oxidation sites excluding steroid dienone is 2. The van der Waals surface area contributed by atoms with Crippen molar-refractivity contribution in [2.75, 3.05) is 18.6 Å². The molecule has 1 aromatic rings. The van der Waals surface area contributed by atoms with Crippen LogP contribution in [0.2, 0.25) is 0 Å². The maximum Gasteiger partial charge on any atom is 0.352 e. The number of thiazole rings is 1. The zero-order valence-corrected chi connectivity index (χ0v) is 17.2. The fourth-order valence-electron chi connectivity index (χ4n) is 2.93. The monoisotopic (exact) mass is 437 g/mol. The molecule has 2 aliphatic rings. The third kappa shape index (κ3) is 3.98. The molecule has 1 saturated heterocycles. The molecule has 1 aromatic heterocycles. The highest BCUT2D eigenvalue weighted by molar-refractivity contribution is 8.00. The second-order valence-electron chi connectivity index (χ2n) is 6.04. The lowest BCUT2D eigenvalue weighted by Crippen LogP contribution is -2.71. The molecule has 10 nitrogen and oxygen atoms in total. The number of carbonyl (C=O) groups is 3. The number of anilines is 1. The van der Waals surface area contributed by atoms with Crippen LogP contribution in [-0.2, 0) is 19.2 Å². The quantitative estimate of drug-likeness (QED) is 0.322. The summed E-state index contributed by atoms with van der Waals surface area (Å²) in [6.45, 7) is 1.94. The molecular formula is C17H19N5O5S2. The van der Waals surface area contributed by atoms with Crippen LogP contribution in [0.25, 0.3) is 0 Å². The lowest BCUT2D eigenvalue weighted by molar-refractivity contribution is -0.150. The molecule has 3 rings (SSSR count). The lowest BCUT2D eigenvalue weighted by Gasteiger charge is -2.49. The Balaban J connectivity index is 1.80. The van der Waals surface area contributed by atoms with Gasteiger partial charge in [0.25, 0.3) is 11.8 Å². The van der Waals surface area contributed by atoms with Gasteiger partial charge in [0.05, 0.1) is 0 Å². The summed E-state index contributed by atoms with van der Waals surface area (Å²) in [6, 6.07) is -0.878. The number of carboxylic acid groups (broad SMARTS) is 1. The van der Waals surface area contributed by atoms with Gasteiger partial charge in [0.1, 0.15) is 29.9 Å². The van der Waals surface area contributed by atoms with Crippen molar-refractivity contribution in [2.24, 2.45) is 5.16 Å². The number of nitrogens with zero attached hydrogens (tertiary/aromatic N) is 3. The number of nitrogen functional groups attached to an aromatic ring is 1. The molecule has 4 N–H and O–H groups in total. The van der Waals surface area contributed by atoms with Gasteiger partial charge in [-0.2, -0.15) is 0 Å². The van der Waals surface area contributed by atoms with E-state index in [0.717, 1.165) is 17.8 Å². The molecule has 0 aliphatic carbocycles. The molecule has 2 atom stereocenters. The third-order valence-electron chi connectivity index (χ3n) is 4.20. The minimum atomic E-state index is -1.18. The van der Waals surface area contributed by atoms with Gasteiger partial charge in [-0.1, -0.05) is 24.2 Å². The number of aliphatic carboxylic acids is 1. The van der Waals surface area contributed by atoms with Crippen LogP contribution in [0.3, 0.4) is 0 Å². The SMILES string of the molecule is CC/C=C\C1=C(C(=O)O)N2C(=O)[C@@H](NC(=O)/C(=N\OC)c3csc(N)n3)[C@H]2SC1. The summed E-state index contributed by atoms with van der Waals surface area (Å²) in [5, 5.41) is 17.2. The van der Waals surface area contributed by atoms with Crippen LogP contribution in [0.1, 0.15) is 19.0 Å². The van der Waals surface area contributed by atoms with Crippen molar-refractivity contribution in [2.45, 2.75) is 24.8 Å². The van der Waals surface area contributed by atoms with Crippen molar-refractivity contribution in [3.63, 3.8) is 0 Å². The Labute approximate surface area is 174 Å². The molecule has 0 bridgehead atoms. The van der Waals surface area contributed by atoms with Crippen molar-refractivity contribution in [1.82, 2.24) is 15.2 Å². The molecule has 3 heterocycles. The maximum atomic E-state index is 12.7. The number of thioether (sulfide) groups is 1. The number of aromatic nitrogens is 1. The van der Waals surface area contributed by atoms with Crippen LogP contribution in [-0.4, -0.2) is 62.8 Å². The average Bonchev–Trinajstić information content (AvgIpc) is 3.13. The number of nitrogens with two attached hydrogens (primary N) is 1. The number of oxime groups is 1. The van der Waals surface area contributed by atoms with E-state index in [1.54, 1.807) is 11.5 Å². The van der Waals surface area contributed by atoms with Crippen LogP contribution >= 0.6 is 23.1 Å². The smallest absolute Gasteiger partial charge is 0.352 e. The van der Waals surface area contributed by atoms with Crippen molar-refractivity contribution in [3.8, 4) is 0 Å². The molecule has 0 unspecified atom stereocenters. The third-order valence-corrected chi connectivity index (χ3v) is 6.18. The van der Waals surface area contributed by atoms with Gasteiger partial charge in [0, 0.05) is 11.1 Å². The van der Waals surface area contributed by atoms with E-state index in [1.807, 2.05) is 13.0 Å². The number of rotatable bonds is 7. The Morgan fingerprint density at radius 2 is 2.31 bits per heavy atom. The van der Waals surface area contributed by atoms with Gasteiger partial charge in [0.15, 0.2) is 10.8 Å². The van der Waals surface area contributed by atoms with Gasteiger partial charge in [-0.25, -0.2) is 9.78 Å². The van der Waals surface area contributed by atoms with Gasteiger partial charge in [0.2, 0.25) is 0 Å². The number of carbonyl (C=O) groups excluding carboxylic acids is 2. The van der Waals surface area contributed by atoms with E-state index < -0.39 is 29.2 Å². The topological polar surface area (TPSA) is 147 Å². The summed E-state index contributed by atoms with van der Waals surface area (Å²) in [5.41, 5.74) is 6.23. The Hall–Kier alpha value is -2.86. The zero-order valence-electron chi connectivity index (χ0n) is 15.6. The lowest BCUT2D eigenvalue weighted by atomic mass is 10.0. The van der Waals surface area contributed by atoms with E-state index in [-0.39, 0.29) is 22.2 Å². The van der Waals surface area contributed by atoms with E-state index in [9.17, 15) is 19.5 Å². The number of nitrogens with one attached hydrogen (secondary N) is 1. The molecule has 29 heavy (non-hydrogen) atoms. The highest BCUT2D eigenvalue weighted by Crippen LogP contribution is 2.40. The largest absolute Gasteiger partial charge is 0.477 e. The standard InChI is InChI=1S/C17H19N5O5S2/c1-3-4-5-8-6-28-15-11(14(24)22(15)12(8)16(25)26)20-13(23)10(21-27-2)9-7-29-17(18)19-9/h4-5,7,11,15H,3,6H2,1-2H3,(H2,18,19)(H,20,23)(H,25,26)/b5-4-,21-10-/t11-,15-/m1/s1. The van der Waals surface area contributed by atoms with Crippen molar-refractivity contribution >= 4 is 51.7 Å². The fraction of sp³-hybridized carbons (Fsp3) is 0.353. The second kappa shape index (κ2) is 8.66. The van der Waals surface area contributed by atoms with Crippen molar-refractivity contribution < 1.29 is 24.3 Å². The molecule has 0 radical (unpaired) electrons. The van der Waals surface area contributed by atoms with Gasteiger partial charge < -0.3 is 21.0 Å². The van der Waals surface area contributed by atoms with Crippen molar-refractivity contribution in [1.29, 1.82) is 0 Å². The van der Waals surface area contributed by atoms with Gasteiger partial charge in [-0.3, -0.25) is 14.5 Å². The number of carboxylic acids is 1. The number of fused-ring (bicyclic) bond motifs is 1. The molecular weight excluding hydrogens is 418 g/mol. The summed E-state index contributed by atoms with van der Waals surface area (Å²) >= 11 is 2.52. The van der Waals surface area contributed by atoms with Gasteiger partial charge in [-0.05, 0) is 12.0 Å². The second-order valence-corrected chi connectivity index (χ2v) is 8.04. The number of β-lactam (4-membered cyclic amide) rings is 1. The molecule has 2 aliphatic heterocycles. The van der Waals surface area contributed by atoms with Crippen LogP contribution in [0.4, 0.5) is 5.13 Å². The Morgan fingerprint density at radius 1 is 1.55 bits per heavy atom. The molecule has 12 heteroatoms. The zero-order chi connectivity index (χ0) is 21.1. The molecule has 1 fully saturated rings. The van der Waals surface area contributed by atoms with E-state index in [4.69, 9.17) is 10.6 Å². The molecule has 0 aromatic carbocycles. The minimum Gasteiger partial charge on any atom is -0.477 e. The van der Waals surface area contributed by atoms with Crippen LogP contribution in [0, 0.1) is 0 Å². The molecule has 154 valence electrons. The minimum absolute atomic E-state index is 0.0491. The average molecular weight is 438 g/mol. The van der Waals surface area contributed by atoms with Gasteiger partial charge >= 0.3 is 5.97 Å². The first kappa shape index (κ1) is 20.9. The number of hydrogen-bond donors (Lipinski definition) is 3. The first-order chi connectivity index (χ1) is 13.9. The Morgan fingerprint density at radius 3 is 2.90 bits per heavy atom. The predicted octanol–water partition coefficient (Wildman–Crippen LogP) is 0.781. The summed E-state index contributed by atoms with van der Waals surface area (Å²) in [4.78, 5) is 47.0. The first-order valence-corrected chi connectivity index (χ1v) is 10.5. The summed E-state index contributed by atoms with van der Waals surface area (Å²) in [6.07, 6.45) is 4.32. The molecule has 0 spiro atoms. The van der Waals surface area contributed by atoms with E-state index in [1.165, 1.54) is 23.8 Å². The van der Waals surface area contributed by atoms with E-state index in [0.29, 0.717) is 11.3 Å². The molecule has 2 amide bonds.